The first kappa shape index (κ1) is 20.7. The van der Waals surface area contributed by atoms with Gasteiger partial charge in [-0.15, -0.1) is 0 Å². The highest BCUT2D eigenvalue weighted by atomic mass is 32.2. The molecule has 0 radical (unpaired) electrons. The Hall–Kier alpha value is -2.58. The van der Waals surface area contributed by atoms with E-state index >= 15 is 0 Å². The lowest BCUT2D eigenvalue weighted by Crippen LogP contribution is -2.61. The Morgan fingerprint density at radius 1 is 1.03 bits per heavy atom. The second kappa shape index (κ2) is 8.28. The van der Waals surface area contributed by atoms with Gasteiger partial charge >= 0.3 is 0 Å². The summed E-state index contributed by atoms with van der Waals surface area (Å²) in [4.78, 5) is 16.8. The van der Waals surface area contributed by atoms with Crippen molar-refractivity contribution in [3.63, 3.8) is 0 Å². The predicted molar refractivity (Wildman–Crippen MR) is 115 cm³/mol. The summed E-state index contributed by atoms with van der Waals surface area (Å²) in [5.41, 5.74) is 1.64. The van der Waals surface area contributed by atoms with Crippen molar-refractivity contribution in [3.8, 4) is 11.5 Å². The van der Waals surface area contributed by atoms with Crippen LogP contribution in [-0.4, -0.2) is 63.1 Å². The van der Waals surface area contributed by atoms with E-state index in [1.165, 1.54) is 0 Å². The van der Waals surface area contributed by atoms with Crippen molar-refractivity contribution >= 4 is 21.4 Å². The standard InChI is InChI=1S/C22H26N2O5S/c1-3-29-18-10-8-17(9-11-18)24-20-15-30(26,27)14-19(20)23(13-22(24)25)12-16-6-4-5-7-21(16)28-2/h4-11,19-20H,3,12-15H2,1-2H3/t19-,20+/m0/s1. The summed E-state index contributed by atoms with van der Waals surface area (Å²) < 4.78 is 36.0. The van der Waals surface area contributed by atoms with Gasteiger partial charge < -0.3 is 14.4 Å². The molecular formula is C22H26N2O5S. The van der Waals surface area contributed by atoms with E-state index < -0.39 is 15.9 Å². The Morgan fingerprint density at radius 3 is 2.43 bits per heavy atom. The Labute approximate surface area is 177 Å². The lowest BCUT2D eigenvalue weighted by atomic mass is 10.0. The first-order valence-electron chi connectivity index (χ1n) is 10.0. The molecule has 2 heterocycles. The van der Waals surface area contributed by atoms with E-state index in [9.17, 15) is 13.2 Å². The van der Waals surface area contributed by atoms with E-state index in [0.29, 0.717) is 18.8 Å². The number of nitrogens with zero attached hydrogens (tertiary/aromatic N) is 2. The lowest BCUT2D eigenvalue weighted by Gasteiger charge is -2.43. The number of hydrogen-bond donors (Lipinski definition) is 0. The van der Waals surface area contributed by atoms with Crippen LogP contribution in [0.15, 0.2) is 48.5 Å². The number of carbonyl (C=O) groups excluding carboxylic acids is 1. The van der Waals surface area contributed by atoms with Crippen molar-refractivity contribution in [1.29, 1.82) is 0 Å². The number of methoxy groups -OCH3 is 1. The van der Waals surface area contributed by atoms with E-state index in [1.807, 2.05) is 60.4 Å². The van der Waals surface area contributed by atoms with E-state index in [4.69, 9.17) is 9.47 Å². The molecule has 160 valence electrons. The quantitative estimate of drug-likeness (QED) is 0.699. The van der Waals surface area contributed by atoms with Gasteiger partial charge in [0.1, 0.15) is 11.5 Å². The zero-order valence-corrected chi connectivity index (χ0v) is 18.0. The molecular weight excluding hydrogens is 404 g/mol. The van der Waals surface area contributed by atoms with Crippen LogP contribution < -0.4 is 14.4 Å². The largest absolute Gasteiger partial charge is 0.496 e. The maximum absolute atomic E-state index is 13.1. The van der Waals surface area contributed by atoms with Crippen LogP contribution in [-0.2, 0) is 21.2 Å². The number of fused-ring (bicyclic) bond motifs is 1. The molecule has 0 spiro atoms. The van der Waals surface area contributed by atoms with E-state index in [1.54, 1.807) is 12.0 Å². The van der Waals surface area contributed by atoms with E-state index in [0.717, 1.165) is 17.1 Å². The minimum atomic E-state index is -3.24. The van der Waals surface area contributed by atoms with Crippen molar-refractivity contribution in [2.24, 2.45) is 0 Å². The number of sulfone groups is 1. The normalized spacial score (nSPS) is 23.3. The van der Waals surface area contributed by atoms with Crippen LogP contribution in [0, 0.1) is 0 Å². The van der Waals surface area contributed by atoms with Crippen molar-refractivity contribution in [2.45, 2.75) is 25.6 Å². The molecule has 0 N–H and O–H groups in total. The molecule has 1 amide bonds. The molecule has 0 aliphatic carbocycles. The van der Waals surface area contributed by atoms with E-state index in [2.05, 4.69) is 0 Å². The number of para-hydroxylation sites is 1. The highest BCUT2D eigenvalue weighted by Gasteiger charge is 2.49. The molecule has 0 bridgehead atoms. The van der Waals surface area contributed by atoms with Gasteiger partial charge in [0.05, 0.1) is 37.8 Å². The molecule has 2 saturated heterocycles. The highest BCUT2D eigenvalue weighted by Crippen LogP contribution is 2.34. The van der Waals surface area contributed by atoms with Gasteiger partial charge in [0.15, 0.2) is 9.84 Å². The van der Waals surface area contributed by atoms with Crippen LogP contribution >= 0.6 is 0 Å². The fourth-order valence-corrected chi connectivity index (χ4v) is 6.37. The van der Waals surface area contributed by atoms with Gasteiger partial charge in [-0.25, -0.2) is 8.42 Å². The summed E-state index contributed by atoms with van der Waals surface area (Å²) in [6.07, 6.45) is 0. The molecule has 8 heteroatoms. The van der Waals surface area contributed by atoms with Gasteiger partial charge in [-0.2, -0.15) is 0 Å². The summed E-state index contributed by atoms with van der Waals surface area (Å²) in [5.74, 6) is 1.37. The molecule has 0 aromatic heterocycles. The van der Waals surface area contributed by atoms with Crippen LogP contribution in [0.1, 0.15) is 12.5 Å². The van der Waals surface area contributed by atoms with Gasteiger partial charge in [0.25, 0.3) is 0 Å². The first-order chi connectivity index (χ1) is 14.4. The molecule has 2 aromatic carbocycles. The molecule has 2 aliphatic rings. The third kappa shape index (κ3) is 4.02. The summed E-state index contributed by atoms with van der Waals surface area (Å²) in [5, 5.41) is 0. The van der Waals surface area contributed by atoms with E-state index in [-0.39, 0.29) is 30.0 Å². The van der Waals surface area contributed by atoms with Crippen LogP contribution in [0.5, 0.6) is 11.5 Å². The van der Waals surface area contributed by atoms with Crippen LogP contribution in [0.3, 0.4) is 0 Å². The predicted octanol–water partition coefficient (Wildman–Crippen LogP) is 2.11. The van der Waals surface area contributed by atoms with Gasteiger partial charge in [0.2, 0.25) is 5.91 Å². The molecule has 2 aliphatic heterocycles. The second-order valence-corrected chi connectivity index (χ2v) is 9.77. The summed E-state index contributed by atoms with van der Waals surface area (Å²) in [7, 11) is -1.63. The number of hydrogen-bond acceptors (Lipinski definition) is 6. The van der Waals surface area contributed by atoms with Gasteiger partial charge in [-0.3, -0.25) is 9.69 Å². The fourth-order valence-electron chi connectivity index (χ4n) is 4.39. The molecule has 0 unspecified atom stereocenters. The topological polar surface area (TPSA) is 76.2 Å². The number of amides is 1. The Kier molecular flexibility index (Phi) is 5.71. The number of ether oxygens (including phenoxy) is 2. The number of rotatable bonds is 6. The van der Waals surface area contributed by atoms with Crippen molar-refractivity contribution in [1.82, 2.24) is 4.90 Å². The lowest BCUT2D eigenvalue weighted by molar-refractivity contribution is -0.123. The number of carbonyl (C=O) groups is 1. The van der Waals surface area contributed by atoms with Crippen molar-refractivity contribution in [3.05, 3.63) is 54.1 Å². The monoisotopic (exact) mass is 430 g/mol. The summed E-state index contributed by atoms with van der Waals surface area (Å²) in [6, 6.07) is 14.2. The molecule has 0 saturated carbocycles. The number of anilines is 1. The van der Waals surface area contributed by atoms with Crippen LogP contribution in [0.4, 0.5) is 5.69 Å². The van der Waals surface area contributed by atoms with Gasteiger partial charge in [0, 0.05) is 23.8 Å². The second-order valence-electron chi connectivity index (χ2n) is 7.62. The third-order valence-corrected chi connectivity index (χ3v) is 7.39. The minimum absolute atomic E-state index is 0.0287. The number of benzene rings is 2. The minimum Gasteiger partial charge on any atom is -0.496 e. The molecule has 2 aromatic rings. The SMILES string of the molecule is CCOc1ccc(N2C(=O)CN(Cc3ccccc3OC)[C@H]3CS(=O)(=O)C[C@H]32)cc1. The Balaban J connectivity index is 1.63. The Bertz CT molecular complexity index is 1020. The maximum atomic E-state index is 13.1. The molecule has 4 rings (SSSR count). The summed E-state index contributed by atoms with van der Waals surface area (Å²) in [6.45, 7) is 3.08. The third-order valence-electron chi connectivity index (χ3n) is 5.69. The maximum Gasteiger partial charge on any atom is 0.241 e. The molecule has 2 atom stereocenters. The molecule has 2 fully saturated rings. The summed E-state index contributed by atoms with van der Waals surface area (Å²) >= 11 is 0. The molecule has 7 nitrogen and oxygen atoms in total. The average molecular weight is 431 g/mol. The fraction of sp³-hybridized carbons (Fsp3) is 0.409. The molecule has 30 heavy (non-hydrogen) atoms. The zero-order chi connectivity index (χ0) is 21.3. The zero-order valence-electron chi connectivity index (χ0n) is 17.2. The first-order valence-corrected chi connectivity index (χ1v) is 11.9. The van der Waals surface area contributed by atoms with Gasteiger partial charge in [-0.1, -0.05) is 18.2 Å². The van der Waals surface area contributed by atoms with Crippen LogP contribution in [0.25, 0.3) is 0 Å². The smallest absolute Gasteiger partial charge is 0.241 e. The Morgan fingerprint density at radius 2 is 1.73 bits per heavy atom. The average Bonchev–Trinajstić information content (AvgIpc) is 3.05. The van der Waals surface area contributed by atoms with Crippen LogP contribution in [0.2, 0.25) is 0 Å². The van der Waals surface area contributed by atoms with Crippen molar-refractivity contribution in [2.75, 3.05) is 36.7 Å². The number of piperazine rings is 1. The van der Waals surface area contributed by atoms with Crippen molar-refractivity contribution < 1.29 is 22.7 Å². The van der Waals surface area contributed by atoms with Gasteiger partial charge in [-0.05, 0) is 37.3 Å². The highest BCUT2D eigenvalue weighted by molar-refractivity contribution is 7.91.